The van der Waals surface area contributed by atoms with Crippen molar-refractivity contribution < 1.29 is 22.0 Å². The molecule has 0 saturated carbocycles. The van der Waals surface area contributed by atoms with Gasteiger partial charge in [-0.15, -0.1) is 10.2 Å². The van der Waals surface area contributed by atoms with Crippen LogP contribution in [0.5, 0.6) is 0 Å². The van der Waals surface area contributed by atoms with Gasteiger partial charge in [-0.2, -0.15) is 0 Å². The van der Waals surface area contributed by atoms with E-state index in [2.05, 4.69) is 10.2 Å². The second kappa shape index (κ2) is 5.73. The Morgan fingerprint density at radius 3 is 2.83 bits per heavy atom. The molecule has 3 rings (SSSR count). The van der Waals surface area contributed by atoms with Gasteiger partial charge in [-0.1, -0.05) is 6.07 Å². The standard InChI is InChI=1S/C14H14FN3O4S/c1-18(11-5-6-23(20,21)8-11)14(19)13-17-16-12(22-13)9-3-2-4-10(15)7-9/h2-4,7,11H,5-6,8H2,1H3. The Bertz CT molecular complexity index is 849. The maximum atomic E-state index is 13.2. The van der Waals surface area contributed by atoms with Crippen LogP contribution < -0.4 is 0 Å². The fourth-order valence-corrected chi connectivity index (χ4v) is 4.22. The number of carbonyl (C=O) groups excluding carboxylic acids is 1. The average Bonchev–Trinajstić information content (AvgIpc) is 3.12. The van der Waals surface area contributed by atoms with E-state index in [0.29, 0.717) is 12.0 Å². The molecule has 1 aromatic heterocycles. The molecule has 0 radical (unpaired) electrons. The zero-order valence-corrected chi connectivity index (χ0v) is 13.1. The van der Waals surface area contributed by atoms with Gasteiger partial charge in [0.1, 0.15) is 5.82 Å². The van der Waals surface area contributed by atoms with Crippen molar-refractivity contribution in [1.82, 2.24) is 15.1 Å². The number of rotatable bonds is 3. The van der Waals surface area contributed by atoms with Crippen LogP contribution in [0.3, 0.4) is 0 Å². The van der Waals surface area contributed by atoms with Crippen molar-refractivity contribution in [1.29, 1.82) is 0 Å². The predicted molar refractivity (Wildman–Crippen MR) is 78.8 cm³/mol. The molecule has 1 unspecified atom stereocenters. The van der Waals surface area contributed by atoms with Gasteiger partial charge < -0.3 is 9.32 Å². The number of sulfone groups is 1. The first-order valence-electron chi connectivity index (χ1n) is 6.93. The minimum Gasteiger partial charge on any atom is -0.412 e. The lowest BCUT2D eigenvalue weighted by Crippen LogP contribution is -2.38. The fourth-order valence-electron chi connectivity index (χ4n) is 2.45. The topological polar surface area (TPSA) is 93.4 Å². The molecule has 9 heteroatoms. The highest BCUT2D eigenvalue weighted by Gasteiger charge is 2.34. The van der Waals surface area contributed by atoms with Crippen LogP contribution in [-0.2, 0) is 9.84 Å². The highest BCUT2D eigenvalue weighted by molar-refractivity contribution is 7.91. The number of hydrogen-bond acceptors (Lipinski definition) is 6. The average molecular weight is 339 g/mol. The van der Waals surface area contributed by atoms with Crippen LogP contribution in [0.4, 0.5) is 4.39 Å². The van der Waals surface area contributed by atoms with Crippen molar-refractivity contribution in [3.05, 3.63) is 36.0 Å². The number of benzene rings is 1. The zero-order valence-electron chi connectivity index (χ0n) is 12.3. The summed E-state index contributed by atoms with van der Waals surface area (Å²) in [6.45, 7) is 0. The molecule has 0 bridgehead atoms. The molecule has 2 aromatic rings. The molecular formula is C14H14FN3O4S. The fraction of sp³-hybridized carbons (Fsp3) is 0.357. The van der Waals surface area contributed by atoms with Gasteiger partial charge in [-0.05, 0) is 24.6 Å². The molecular weight excluding hydrogens is 325 g/mol. The molecule has 23 heavy (non-hydrogen) atoms. The van der Waals surface area contributed by atoms with E-state index >= 15 is 0 Å². The Labute approximate surface area is 132 Å². The van der Waals surface area contributed by atoms with Gasteiger partial charge in [0.15, 0.2) is 9.84 Å². The van der Waals surface area contributed by atoms with Crippen molar-refractivity contribution in [2.45, 2.75) is 12.5 Å². The number of carbonyl (C=O) groups is 1. The van der Waals surface area contributed by atoms with Crippen LogP contribution >= 0.6 is 0 Å². The van der Waals surface area contributed by atoms with E-state index in [1.807, 2.05) is 0 Å². The third-order valence-corrected chi connectivity index (χ3v) is 5.51. The molecule has 122 valence electrons. The normalized spacial score (nSPS) is 19.7. The number of nitrogens with zero attached hydrogens (tertiary/aromatic N) is 3. The van der Waals surface area contributed by atoms with Crippen molar-refractivity contribution in [3.63, 3.8) is 0 Å². The van der Waals surface area contributed by atoms with Gasteiger partial charge in [0, 0.05) is 18.7 Å². The smallest absolute Gasteiger partial charge is 0.311 e. The molecule has 7 nitrogen and oxygen atoms in total. The Hall–Kier alpha value is -2.29. The first kappa shape index (κ1) is 15.6. The number of hydrogen-bond donors (Lipinski definition) is 0. The zero-order chi connectivity index (χ0) is 16.6. The van der Waals surface area contributed by atoms with Crippen molar-refractivity contribution in [2.24, 2.45) is 0 Å². The summed E-state index contributed by atoms with van der Waals surface area (Å²) < 4.78 is 41.5. The third kappa shape index (κ3) is 3.24. The van der Waals surface area contributed by atoms with Crippen molar-refractivity contribution in [2.75, 3.05) is 18.6 Å². The van der Waals surface area contributed by atoms with Crippen LogP contribution in [0.25, 0.3) is 11.5 Å². The SMILES string of the molecule is CN(C(=O)c1nnc(-c2cccc(F)c2)o1)C1CCS(=O)(=O)C1. The molecule has 0 aliphatic carbocycles. The lowest BCUT2D eigenvalue weighted by molar-refractivity contribution is 0.0708. The summed E-state index contributed by atoms with van der Waals surface area (Å²) in [4.78, 5) is 13.6. The summed E-state index contributed by atoms with van der Waals surface area (Å²) in [5.41, 5.74) is 0.364. The van der Waals surface area contributed by atoms with Crippen LogP contribution in [0.2, 0.25) is 0 Å². The van der Waals surface area contributed by atoms with Gasteiger partial charge in [0.05, 0.1) is 11.5 Å². The molecule has 0 N–H and O–H groups in total. The van der Waals surface area contributed by atoms with E-state index in [1.54, 1.807) is 6.07 Å². The van der Waals surface area contributed by atoms with E-state index < -0.39 is 27.6 Å². The van der Waals surface area contributed by atoms with E-state index in [4.69, 9.17) is 4.42 Å². The first-order chi connectivity index (χ1) is 10.9. The van der Waals surface area contributed by atoms with Gasteiger partial charge in [0.25, 0.3) is 0 Å². The van der Waals surface area contributed by atoms with Crippen LogP contribution in [-0.4, -0.2) is 54.0 Å². The van der Waals surface area contributed by atoms with Gasteiger partial charge in [0.2, 0.25) is 5.89 Å². The van der Waals surface area contributed by atoms with E-state index in [0.717, 1.165) is 0 Å². The lowest BCUT2D eigenvalue weighted by atomic mass is 10.2. The summed E-state index contributed by atoms with van der Waals surface area (Å²) in [5.74, 6) is -1.24. The molecule has 0 spiro atoms. The molecule has 1 saturated heterocycles. The Morgan fingerprint density at radius 2 is 2.17 bits per heavy atom. The first-order valence-corrected chi connectivity index (χ1v) is 8.75. The summed E-state index contributed by atoms with van der Waals surface area (Å²) >= 11 is 0. The van der Waals surface area contributed by atoms with Crippen LogP contribution in [0.15, 0.2) is 28.7 Å². The minimum absolute atomic E-state index is 0.0280. The van der Waals surface area contributed by atoms with E-state index in [1.165, 1.54) is 30.1 Å². The lowest BCUT2D eigenvalue weighted by Gasteiger charge is -2.21. The summed E-state index contributed by atoms with van der Waals surface area (Å²) in [6, 6.07) is 5.16. The summed E-state index contributed by atoms with van der Waals surface area (Å²) in [5, 5.41) is 7.41. The maximum absolute atomic E-state index is 13.2. The molecule has 1 aliphatic rings. The Kier molecular flexibility index (Phi) is 3.88. The van der Waals surface area contributed by atoms with Gasteiger partial charge >= 0.3 is 11.8 Å². The number of amides is 1. The predicted octanol–water partition coefficient (Wildman–Crippen LogP) is 1.13. The maximum Gasteiger partial charge on any atom is 0.311 e. The molecule has 1 aromatic carbocycles. The minimum atomic E-state index is -3.10. The van der Waals surface area contributed by atoms with Crippen molar-refractivity contribution >= 4 is 15.7 Å². The van der Waals surface area contributed by atoms with Crippen LogP contribution in [0, 0.1) is 5.82 Å². The highest BCUT2D eigenvalue weighted by atomic mass is 32.2. The molecule has 1 fully saturated rings. The number of halogens is 1. The molecule has 1 atom stereocenters. The van der Waals surface area contributed by atoms with E-state index in [9.17, 15) is 17.6 Å². The van der Waals surface area contributed by atoms with E-state index in [-0.39, 0.29) is 23.3 Å². The van der Waals surface area contributed by atoms with Gasteiger partial charge in [-0.3, -0.25) is 4.79 Å². The largest absolute Gasteiger partial charge is 0.412 e. The van der Waals surface area contributed by atoms with Crippen molar-refractivity contribution in [3.8, 4) is 11.5 Å². The second-order valence-corrected chi connectivity index (χ2v) is 7.62. The highest BCUT2D eigenvalue weighted by Crippen LogP contribution is 2.21. The molecule has 2 heterocycles. The Morgan fingerprint density at radius 1 is 1.39 bits per heavy atom. The second-order valence-electron chi connectivity index (χ2n) is 5.40. The van der Waals surface area contributed by atoms with Crippen LogP contribution in [0.1, 0.15) is 17.1 Å². The summed E-state index contributed by atoms with van der Waals surface area (Å²) in [6.07, 6.45) is 0.384. The summed E-state index contributed by atoms with van der Waals surface area (Å²) in [7, 11) is -1.60. The van der Waals surface area contributed by atoms with Gasteiger partial charge in [-0.25, -0.2) is 12.8 Å². The number of aromatic nitrogens is 2. The monoisotopic (exact) mass is 339 g/mol. The Balaban J connectivity index is 1.79. The molecule has 1 aliphatic heterocycles. The third-order valence-electron chi connectivity index (χ3n) is 3.76. The molecule has 1 amide bonds. The quantitative estimate of drug-likeness (QED) is 0.832.